The fourth-order valence-corrected chi connectivity index (χ4v) is 1.74. The molecule has 0 saturated heterocycles. The Labute approximate surface area is 96.3 Å². The number of aliphatic hydroxyl groups is 1. The number of nitrogens with zero attached hydrogens (tertiary/aromatic N) is 1. The second-order valence-corrected chi connectivity index (χ2v) is 4.40. The quantitative estimate of drug-likeness (QED) is 0.845. The first-order valence-corrected chi connectivity index (χ1v) is 5.20. The number of ether oxygens (including phenoxy) is 1. The third kappa shape index (κ3) is 2.53. The van der Waals surface area contributed by atoms with Crippen LogP contribution in [0.3, 0.4) is 0 Å². The molecule has 1 aromatic rings. The second-order valence-electron chi connectivity index (χ2n) is 4.40. The third-order valence-electron chi connectivity index (χ3n) is 2.74. The molecule has 86 valence electrons. The minimum Gasteiger partial charge on any atom is -0.497 e. The van der Waals surface area contributed by atoms with Gasteiger partial charge in [-0.15, -0.1) is 0 Å². The Balaban J connectivity index is 3.23. The summed E-state index contributed by atoms with van der Waals surface area (Å²) < 4.78 is 5.16. The van der Waals surface area contributed by atoms with Crippen LogP contribution in [-0.2, 0) is 12.0 Å². The van der Waals surface area contributed by atoms with Gasteiger partial charge in [0.25, 0.3) is 0 Å². The van der Waals surface area contributed by atoms with E-state index < -0.39 is 0 Å². The van der Waals surface area contributed by atoms with Crippen LogP contribution in [0.25, 0.3) is 0 Å². The van der Waals surface area contributed by atoms with Crippen molar-refractivity contribution in [2.45, 2.75) is 32.3 Å². The zero-order valence-corrected chi connectivity index (χ0v) is 9.95. The van der Waals surface area contributed by atoms with Crippen molar-refractivity contribution in [3.8, 4) is 11.8 Å². The van der Waals surface area contributed by atoms with Gasteiger partial charge in [0, 0.05) is 11.8 Å². The van der Waals surface area contributed by atoms with Crippen LogP contribution in [0.15, 0.2) is 18.2 Å². The molecule has 0 aliphatic carbocycles. The van der Waals surface area contributed by atoms with Gasteiger partial charge in [-0.1, -0.05) is 19.9 Å². The van der Waals surface area contributed by atoms with Crippen LogP contribution in [-0.4, -0.2) is 12.2 Å². The Morgan fingerprint density at radius 3 is 2.62 bits per heavy atom. The van der Waals surface area contributed by atoms with Crippen molar-refractivity contribution in [3.05, 3.63) is 29.3 Å². The lowest BCUT2D eigenvalue weighted by Crippen LogP contribution is -2.18. The molecule has 0 radical (unpaired) electrons. The van der Waals surface area contributed by atoms with Crippen molar-refractivity contribution >= 4 is 0 Å². The van der Waals surface area contributed by atoms with Gasteiger partial charge in [0.05, 0.1) is 19.8 Å². The van der Waals surface area contributed by atoms with E-state index in [9.17, 15) is 5.11 Å². The fraction of sp³-hybridized carbons (Fsp3) is 0.462. The predicted octanol–water partition coefficient (Wildman–Crippen LogP) is 2.38. The number of aliphatic hydroxyl groups excluding tert-OH is 1. The zero-order chi connectivity index (χ0) is 12.2. The molecular weight excluding hydrogens is 202 g/mol. The molecule has 0 unspecified atom stereocenters. The van der Waals surface area contributed by atoms with E-state index in [0.717, 1.165) is 16.9 Å². The molecule has 1 N–H and O–H groups in total. The molecule has 0 aromatic heterocycles. The lowest BCUT2D eigenvalue weighted by molar-refractivity contribution is 0.277. The van der Waals surface area contributed by atoms with E-state index in [2.05, 4.69) is 6.07 Å². The smallest absolute Gasteiger partial charge is 0.119 e. The molecule has 0 aliphatic heterocycles. The standard InChI is InChI=1S/C13H17NO2/c1-13(2,6-7-14)12-8-11(16-3)5-4-10(12)9-15/h4-5,8,15H,6,9H2,1-3H3. The maximum absolute atomic E-state index is 9.29. The number of benzene rings is 1. The van der Waals surface area contributed by atoms with E-state index in [-0.39, 0.29) is 12.0 Å². The molecule has 0 atom stereocenters. The highest BCUT2D eigenvalue weighted by molar-refractivity contribution is 5.40. The van der Waals surface area contributed by atoms with E-state index in [1.807, 2.05) is 32.0 Å². The highest BCUT2D eigenvalue weighted by Crippen LogP contribution is 2.32. The van der Waals surface area contributed by atoms with E-state index in [1.165, 1.54) is 0 Å². The molecule has 16 heavy (non-hydrogen) atoms. The molecule has 3 heteroatoms. The SMILES string of the molecule is COc1ccc(CO)c(C(C)(C)CC#N)c1. The van der Waals surface area contributed by atoms with Gasteiger partial charge in [-0.25, -0.2) is 0 Å². The van der Waals surface area contributed by atoms with Crippen molar-refractivity contribution < 1.29 is 9.84 Å². The van der Waals surface area contributed by atoms with Crippen molar-refractivity contribution in [1.29, 1.82) is 5.26 Å². The molecule has 0 bridgehead atoms. The first-order chi connectivity index (χ1) is 7.55. The highest BCUT2D eigenvalue weighted by Gasteiger charge is 2.23. The predicted molar refractivity (Wildman–Crippen MR) is 62.2 cm³/mol. The van der Waals surface area contributed by atoms with E-state index >= 15 is 0 Å². The normalized spacial score (nSPS) is 10.9. The monoisotopic (exact) mass is 219 g/mol. The molecule has 1 rings (SSSR count). The lowest BCUT2D eigenvalue weighted by atomic mass is 9.79. The maximum Gasteiger partial charge on any atom is 0.119 e. The first-order valence-electron chi connectivity index (χ1n) is 5.20. The second kappa shape index (κ2) is 5.00. The summed E-state index contributed by atoms with van der Waals surface area (Å²) in [4.78, 5) is 0. The summed E-state index contributed by atoms with van der Waals surface area (Å²) in [6.07, 6.45) is 0.410. The van der Waals surface area contributed by atoms with Crippen molar-refractivity contribution in [2.75, 3.05) is 7.11 Å². The Bertz CT molecular complexity index is 405. The molecule has 0 aliphatic rings. The molecule has 0 saturated carbocycles. The van der Waals surface area contributed by atoms with Crippen LogP contribution in [0.2, 0.25) is 0 Å². The summed E-state index contributed by atoms with van der Waals surface area (Å²) >= 11 is 0. The van der Waals surface area contributed by atoms with E-state index in [4.69, 9.17) is 10.00 Å². The van der Waals surface area contributed by atoms with Gasteiger partial charge < -0.3 is 9.84 Å². The molecule has 1 aromatic carbocycles. The van der Waals surface area contributed by atoms with Gasteiger partial charge in [-0.3, -0.25) is 0 Å². The summed E-state index contributed by atoms with van der Waals surface area (Å²) in [5, 5.41) is 18.1. The van der Waals surface area contributed by atoms with Crippen LogP contribution in [0.1, 0.15) is 31.4 Å². The number of hydrogen-bond acceptors (Lipinski definition) is 3. The van der Waals surface area contributed by atoms with Gasteiger partial charge in [0.15, 0.2) is 0 Å². The Morgan fingerprint density at radius 1 is 1.44 bits per heavy atom. The van der Waals surface area contributed by atoms with E-state index in [1.54, 1.807) is 7.11 Å². The molecule has 3 nitrogen and oxygen atoms in total. The van der Waals surface area contributed by atoms with Crippen molar-refractivity contribution in [2.24, 2.45) is 0 Å². The number of methoxy groups -OCH3 is 1. The minimum atomic E-state index is -0.276. The Morgan fingerprint density at radius 2 is 2.12 bits per heavy atom. The fourth-order valence-electron chi connectivity index (χ4n) is 1.74. The average molecular weight is 219 g/mol. The largest absolute Gasteiger partial charge is 0.497 e. The number of hydrogen-bond donors (Lipinski definition) is 1. The van der Waals surface area contributed by atoms with Gasteiger partial charge in [-0.2, -0.15) is 5.26 Å². The summed E-state index contributed by atoms with van der Waals surface area (Å²) in [6, 6.07) is 7.72. The van der Waals surface area contributed by atoms with Crippen LogP contribution < -0.4 is 4.74 Å². The highest BCUT2D eigenvalue weighted by atomic mass is 16.5. The number of rotatable bonds is 4. The maximum atomic E-state index is 9.29. The van der Waals surface area contributed by atoms with E-state index in [0.29, 0.717) is 6.42 Å². The van der Waals surface area contributed by atoms with Gasteiger partial charge >= 0.3 is 0 Å². The molecule has 0 amide bonds. The Hall–Kier alpha value is -1.53. The Kier molecular flexibility index (Phi) is 3.92. The summed E-state index contributed by atoms with van der Waals surface area (Å²) in [5.74, 6) is 0.748. The van der Waals surface area contributed by atoms with Crippen LogP contribution >= 0.6 is 0 Å². The van der Waals surface area contributed by atoms with Crippen LogP contribution in [0.5, 0.6) is 5.75 Å². The average Bonchev–Trinajstić information content (AvgIpc) is 2.28. The summed E-state index contributed by atoms with van der Waals surface area (Å²) in [7, 11) is 1.61. The van der Waals surface area contributed by atoms with Crippen LogP contribution in [0, 0.1) is 11.3 Å². The van der Waals surface area contributed by atoms with Gasteiger partial charge in [-0.05, 0) is 23.3 Å². The van der Waals surface area contributed by atoms with Crippen molar-refractivity contribution in [1.82, 2.24) is 0 Å². The zero-order valence-electron chi connectivity index (χ0n) is 9.95. The molecular formula is C13H17NO2. The topological polar surface area (TPSA) is 53.2 Å². The third-order valence-corrected chi connectivity index (χ3v) is 2.74. The molecule has 0 heterocycles. The first kappa shape index (κ1) is 12.5. The number of nitriles is 1. The van der Waals surface area contributed by atoms with Crippen LogP contribution in [0.4, 0.5) is 0 Å². The summed E-state index contributed by atoms with van der Waals surface area (Å²) in [6.45, 7) is 3.96. The molecule has 0 fully saturated rings. The van der Waals surface area contributed by atoms with Crippen molar-refractivity contribution in [3.63, 3.8) is 0 Å². The summed E-state index contributed by atoms with van der Waals surface area (Å²) in [5.41, 5.74) is 1.54. The molecule has 0 spiro atoms. The lowest BCUT2D eigenvalue weighted by Gasteiger charge is -2.25. The van der Waals surface area contributed by atoms with Gasteiger partial charge in [0.2, 0.25) is 0 Å². The van der Waals surface area contributed by atoms with Gasteiger partial charge in [0.1, 0.15) is 5.75 Å². The minimum absolute atomic E-state index is 0.0197.